The summed E-state index contributed by atoms with van der Waals surface area (Å²) in [6.45, 7) is 0.238. The van der Waals surface area contributed by atoms with Crippen molar-refractivity contribution in [1.29, 1.82) is 0 Å². The zero-order valence-electron chi connectivity index (χ0n) is 22.3. The summed E-state index contributed by atoms with van der Waals surface area (Å²) in [5, 5.41) is 14.6. The molecule has 0 bridgehead atoms. The van der Waals surface area contributed by atoms with E-state index in [-0.39, 0.29) is 18.7 Å². The van der Waals surface area contributed by atoms with Crippen LogP contribution in [0.3, 0.4) is 0 Å². The molecule has 42 heavy (non-hydrogen) atoms. The van der Waals surface area contributed by atoms with Gasteiger partial charge in [0.05, 0.1) is 24.8 Å². The van der Waals surface area contributed by atoms with E-state index in [2.05, 4.69) is 15.6 Å². The van der Waals surface area contributed by atoms with Crippen LogP contribution >= 0.6 is 0 Å². The second-order valence-corrected chi connectivity index (χ2v) is 9.05. The molecule has 1 unspecified atom stereocenters. The number of aromatic nitrogens is 1. The van der Waals surface area contributed by atoms with E-state index in [4.69, 9.17) is 25.1 Å². The minimum absolute atomic E-state index is 0.205. The van der Waals surface area contributed by atoms with Crippen LogP contribution < -0.4 is 30.6 Å². The van der Waals surface area contributed by atoms with Crippen LogP contribution in [0.15, 0.2) is 72.9 Å². The Morgan fingerprint density at radius 3 is 2.19 bits per heavy atom. The molecular weight excluding hydrogens is 557 g/mol. The van der Waals surface area contributed by atoms with Gasteiger partial charge in [0.25, 0.3) is 0 Å². The van der Waals surface area contributed by atoms with E-state index >= 15 is 0 Å². The van der Waals surface area contributed by atoms with Crippen molar-refractivity contribution in [2.45, 2.75) is 25.1 Å². The molecule has 0 spiro atoms. The monoisotopic (exact) mass is 584 g/mol. The fourth-order valence-corrected chi connectivity index (χ4v) is 3.87. The fraction of sp³-hybridized carbons (Fsp3) is 0.207. The van der Waals surface area contributed by atoms with Crippen LogP contribution in [0.4, 0.5) is 29.3 Å². The van der Waals surface area contributed by atoms with E-state index in [0.717, 1.165) is 12.1 Å². The number of nitrogens with zero attached hydrogens (tertiary/aromatic N) is 1. The zero-order valence-corrected chi connectivity index (χ0v) is 22.3. The normalized spacial score (nSPS) is 11.9. The van der Waals surface area contributed by atoms with Gasteiger partial charge in [-0.3, -0.25) is 9.78 Å². The van der Waals surface area contributed by atoms with Gasteiger partial charge >= 0.3 is 18.2 Å². The van der Waals surface area contributed by atoms with E-state index in [1.54, 1.807) is 48.7 Å². The SMILES string of the molecule is COc1cc2c(Oc3ccc(NC(=O)Nc4ccc(C(F)(F)F)cc4)cc3)ccnc2cc1OCCCC(N)C(=O)O. The number of carbonyl (C=O) groups excluding carboxylic acids is 1. The first-order valence-corrected chi connectivity index (χ1v) is 12.6. The van der Waals surface area contributed by atoms with Gasteiger partial charge in [-0.1, -0.05) is 0 Å². The second kappa shape index (κ2) is 13.1. The second-order valence-electron chi connectivity index (χ2n) is 9.05. The van der Waals surface area contributed by atoms with Crippen LogP contribution in [0, 0.1) is 0 Å². The lowest BCUT2D eigenvalue weighted by atomic mass is 10.1. The maximum atomic E-state index is 12.7. The summed E-state index contributed by atoms with van der Waals surface area (Å²) in [7, 11) is 1.49. The third-order valence-electron chi connectivity index (χ3n) is 6.03. The minimum Gasteiger partial charge on any atom is -0.493 e. The van der Waals surface area contributed by atoms with Crippen LogP contribution in [0.1, 0.15) is 18.4 Å². The number of aliphatic carboxylic acids is 1. The molecule has 1 atom stereocenters. The molecule has 0 aliphatic carbocycles. The number of fused-ring (bicyclic) bond motifs is 1. The van der Waals surface area contributed by atoms with Crippen molar-refractivity contribution >= 4 is 34.3 Å². The van der Waals surface area contributed by atoms with Gasteiger partial charge in [-0.05, 0) is 73.5 Å². The molecule has 4 aromatic rings. The first-order chi connectivity index (χ1) is 20.0. The number of alkyl halides is 3. The van der Waals surface area contributed by atoms with E-state index in [1.165, 1.54) is 19.2 Å². The van der Waals surface area contributed by atoms with Crippen molar-refractivity contribution in [3.63, 3.8) is 0 Å². The van der Waals surface area contributed by atoms with Gasteiger partial charge in [-0.15, -0.1) is 0 Å². The summed E-state index contributed by atoms with van der Waals surface area (Å²) in [6.07, 6.45) is -2.19. The number of carboxylic acid groups (broad SMARTS) is 1. The van der Waals surface area contributed by atoms with Crippen LogP contribution in [-0.4, -0.2) is 41.8 Å². The third-order valence-corrected chi connectivity index (χ3v) is 6.03. The van der Waals surface area contributed by atoms with Crippen LogP contribution in [0.25, 0.3) is 10.9 Å². The number of methoxy groups -OCH3 is 1. The topological polar surface area (TPSA) is 145 Å². The Labute approximate surface area is 238 Å². The lowest BCUT2D eigenvalue weighted by Gasteiger charge is -2.14. The standard InChI is InChI=1S/C29H27F3N4O6/c1-40-25-15-21-23(16-26(25)41-14-2-3-22(33)27(37)38)34-13-12-24(21)42-20-10-8-19(9-11-20)36-28(39)35-18-6-4-17(5-7-18)29(30,31)32/h4-13,15-16,22H,2-3,14,33H2,1H3,(H,37,38)(H2,35,36,39). The third kappa shape index (κ3) is 7.79. The number of amides is 2. The Hall–Kier alpha value is -5.04. The molecule has 0 fully saturated rings. The number of rotatable bonds is 11. The predicted molar refractivity (Wildman–Crippen MR) is 149 cm³/mol. The summed E-state index contributed by atoms with van der Waals surface area (Å²) in [5.41, 5.74) is 5.92. The molecule has 3 aromatic carbocycles. The van der Waals surface area contributed by atoms with E-state index in [1.807, 2.05) is 0 Å². The summed E-state index contributed by atoms with van der Waals surface area (Å²) < 4.78 is 55.5. The number of nitrogens with two attached hydrogens (primary N) is 1. The molecule has 0 radical (unpaired) electrons. The lowest BCUT2D eigenvalue weighted by Crippen LogP contribution is -2.30. The molecule has 0 aliphatic rings. The molecule has 1 heterocycles. The number of ether oxygens (including phenoxy) is 3. The van der Waals surface area contributed by atoms with Gasteiger partial charge < -0.3 is 35.7 Å². The van der Waals surface area contributed by atoms with Crippen molar-refractivity contribution in [2.24, 2.45) is 5.73 Å². The molecule has 0 saturated heterocycles. The van der Waals surface area contributed by atoms with Gasteiger partial charge in [0.2, 0.25) is 0 Å². The molecular formula is C29H27F3N4O6. The van der Waals surface area contributed by atoms with Crippen molar-refractivity contribution in [3.8, 4) is 23.0 Å². The Balaban J connectivity index is 1.39. The average molecular weight is 585 g/mol. The summed E-state index contributed by atoms with van der Waals surface area (Å²) in [6, 6.07) is 14.1. The van der Waals surface area contributed by atoms with Gasteiger partial charge in [0.15, 0.2) is 11.5 Å². The number of carboxylic acids is 1. The Morgan fingerprint density at radius 2 is 1.60 bits per heavy atom. The smallest absolute Gasteiger partial charge is 0.416 e. The Morgan fingerprint density at radius 1 is 0.952 bits per heavy atom. The molecule has 0 saturated carbocycles. The first kappa shape index (κ1) is 29.9. The first-order valence-electron chi connectivity index (χ1n) is 12.6. The van der Waals surface area contributed by atoms with Crippen LogP contribution in [0.5, 0.6) is 23.0 Å². The highest BCUT2D eigenvalue weighted by Gasteiger charge is 2.30. The number of pyridine rings is 1. The molecule has 220 valence electrons. The van der Waals surface area contributed by atoms with Crippen molar-refractivity contribution in [3.05, 3.63) is 78.5 Å². The Kier molecular flexibility index (Phi) is 9.32. The molecule has 10 nitrogen and oxygen atoms in total. The molecule has 1 aromatic heterocycles. The van der Waals surface area contributed by atoms with Crippen molar-refractivity contribution in [2.75, 3.05) is 24.4 Å². The van der Waals surface area contributed by atoms with Gasteiger partial charge in [-0.25, -0.2) is 4.79 Å². The number of urea groups is 1. The molecule has 5 N–H and O–H groups in total. The molecule has 4 rings (SSSR count). The highest BCUT2D eigenvalue weighted by Crippen LogP contribution is 2.37. The number of hydrogen-bond donors (Lipinski definition) is 4. The predicted octanol–water partition coefficient (Wildman–Crippen LogP) is 6.27. The highest BCUT2D eigenvalue weighted by molar-refractivity contribution is 5.99. The lowest BCUT2D eigenvalue weighted by molar-refractivity contribution is -0.139. The van der Waals surface area contributed by atoms with Gasteiger partial charge in [-0.2, -0.15) is 13.2 Å². The van der Waals surface area contributed by atoms with E-state index in [0.29, 0.717) is 46.0 Å². The number of benzene rings is 3. The maximum absolute atomic E-state index is 12.7. The van der Waals surface area contributed by atoms with Crippen molar-refractivity contribution < 1.29 is 42.1 Å². The zero-order chi connectivity index (χ0) is 30.3. The highest BCUT2D eigenvalue weighted by atomic mass is 19.4. The number of hydrogen-bond acceptors (Lipinski definition) is 7. The van der Waals surface area contributed by atoms with E-state index in [9.17, 15) is 22.8 Å². The fourth-order valence-electron chi connectivity index (χ4n) is 3.87. The summed E-state index contributed by atoms with van der Waals surface area (Å²) >= 11 is 0. The number of halogens is 3. The minimum atomic E-state index is -4.46. The summed E-state index contributed by atoms with van der Waals surface area (Å²) in [4.78, 5) is 27.5. The summed E-state index contributed by atoms with van der Waals surface area (Å²) in [5.74, 6) is 0.747. The molecule has 13 heteroatoms. The maximum Gasteiger partial charge on any atom is 0.416 e. The molecule has 2 amide bonds. The largest absolute Gasteiger partial charge is 0.493 e. The quantitative estimate of drug-likeness (QED) is 0.151. The Bertz CT molecular complexity index is 1550. The number of anilines is 2. The van der Waals surface area contributed by atoms with Crippen LogP contribution in [0.2, 0.25) is 0 Å². The molecule has 0 aliphatic heterocycles. The average Bonchev–Trinajstić information content (AvgIpc) is 2.95. The van der Waals surface area contributed by atoms with Gasteiger partial charge in [0, 0.05) is 29.0 Å². The van der Waals surface area contributed by atoms with Gasteiger partial charge in [0.1, 0.15) is 17.5 Å². The van der Waals surface area contributed by atoms with Crippen LogP contribution in [-0.2, 0) is 11.0 Å². The number of nitrogens with one attached hydrogen (secondary N) is 2. The number of carbonyl (C=O) groups is 2. The van der Waals surface area contributed by atoms with Crippen molar-refractivity contribution in [1.82, 2.24) is 4.98 Å². The van der Waals surface area contributed by atoms with E-state index < -0.39 is 29.8 Å².